The molecule has 22 heavy (non-hydrogen) atoms. The van der Waals surface area contributed by atoms with Crippen molar-refractivity contribution >= 4 is 30.1 Å². The van der Waals surface area contributed by atoms with Crippen LogP contribution in [0.25, 0.3) is 0 Å². The maximum atomic E-state index is 12.7. The van der Waals surface area contributed by atoms with Crippen molar-refractivity contribution < 1.29 is 4.79 Å². The van der Waals surface area contributed by atoms with Gasteiger partial charge in [-0.3, -0.25) is 4.79 Å². The van der Waals surface area contributed by atoms with Gasteiger partial charge < -0.3 is 10.2 Å². The van der Waals surface area contributed by atoms with Gasteiger partial charge in [-0.05, 0) is 31.9 Å². The van der Waals surface area contributed by atoms with E-state index < -0.39 is 0 Å². The average Bonchev–Trinajstić information content (AvgIpc) is 3.04. The van der Waals surface area contributed by atoms with Gasteiger partial charge in [0, 0.05) is 24.9 Å². The van der Waals surface area contributed by atoms with Crippen molar-refractivity contribution in [3.8, 4) is 0 Å². The topological polar surface area (TPSA) is 32.3 Å². The summed E-state index contributed by atoms with van der Waals surface area (Å²) in [5, 5.41) is 3.39. The fourth-order valence-electron chi connectivity index (χ4n) is 2.72. The van der Waals surface area contributed by atoms with Gasteiger partial charge in [-0.25, -0.2) is 0 Å². The van der Waals surface area contributed by atoms with Crippen molar-refractivity contribution in [1.29, 1.82) is 0 Å². The van der Waals surface area contributed by atoms with Crippen molar-refractivity contribution in [2.45, 2.75) is 43.7 Å². The van der Waals surface area contributed by atoms with Crippen molar-refractivity contribution in [2.24, 2.45) is 0 Å². The molecule has 1 aliphatic heterocycles. The molecule has 0 radical (unpaired) electrons. The van der Waals surface area contributed by atoms with Crippen LogP contribution in [-0.2, 0) is 10.5 Å². The highest BCUT2D eigenvalue weighted by Crippen LogP contribution is 2.21. The van der Waals surface area contributed by atoms with E-state index in [0.717, 1.165) is 38.2 Å². The van der Waals surface area contributed by atoms with Crippen LogP contribution < -0.4 is 5.32 Å². The minimum Gasteiger partial charge on any atom is -0.337 e. The number of thioether (sulfide) groups is 1. The fourth-order valence-corrected chi connectivity index (χ4v) is 3.63. The molecule has 124 valence electrons. The smallest absolute Gasteiger partial charge is 0.235 e. The van der Waals surface area contributed by atoms with Crippen LogP contribution in [-0.4, -0.2) is 41.7 Å². The molecule has 2 atom stereocenters. The second kappa shape index (κ2) is 10.1. The molecule has 0 spiro atoms. The first kappa shape index (κ1) is 19.3. The van der Waals surface area contributed by atoms with Gasteiger partial charge in [0.05, 0.1) is 5.25 Å². The molecule has 0 aliphatic carbocycles. The number of carbonyl (C=O) groups is 1. The number of carbonyl (C=O) groups excluding carboxylic acids is 1. The highest BCUT2D eigenvalue weighted by atomic mass is 35.5. The van der Waals surface area contributed by atoms with Crippen LogP contribution in [0.4, 0.5) is 0 Å². The highest BCUT2D eigenvalue weighted by molar-refractivity contribution is 7.99. The molecule has 0 aromatic heterocycles. The van der Waals surface area contributed by atoms with Gasteiger partial charge in [-0.2, -0.15) is 0 Å². The normalized spacial score (nSPS) is 18.5. The lowest BCUT2D eigenvalue weighted by molar-refractivity contribution is -0.132. The van der Waals surface area contributed by atoms with Crippen LogP contribution in [0.2, 0.25) is 0 Å². The second-order valence-electron chi connectivity index (χ2n) is 5.62. The molecule has 1 amide bonds. The molecular formula is C17H27ClN2OS. The number of nitrogens with zero attached hydrogens (tertiary/aromatic N) is 1. The SMILES string of the molecule is CCCN(C(=O)C(C)SCc1ccccc1)C1CCNC1.Cl. The van der Waals surface area contributed by atoms with E-state index in [1.807, 2.05) is 13.0 Å². The van der Waals surface area contributed by atoms with Crippen LogP contribution in [0.1, 0.15) is 32.3 Å². The predicted octanol–water partition coefficient (Wildman–Crippen LogP) is 3.33. The van der Waals surface area contributed by atoms with E-state index in [2.05, 4.69) is 41.4 Å². The lowest BCUT2D eigenvalue weighted by Gasteiger charge is -2.30. The average molecular weight is 343 g/mol. The molecule has 1 N–H and O–H groups in total. The Hall–Kier alpha value is -0.710. The van der Waals surface area contributed by atoms with Gasteiger partial charge >= 0.3 is 0 Å². The molecule has 5 heteroatoms. The summed E-state index contributed by atoms with van der Waals surface area (Å²) in [7, 11) is 0. The van der Waals surface area contributed by atoms with Gasteiger partial charge in [-0.15, -0.1) is 24.2 Å². The molecule has 1 aliphatic rings. The molecule has 0 saturated carbocycles. The molecule has 2 rings (SSSR count). The summed E-state index contributed by atoms with van der Waals surface area (Å²) < 4.78 is 0. The largest absolute Gasteiger partial charge is 0.337 e. The number of rotatable bonds is 7. The Bertz CT molecular complexity index is 438. The van der Waals surface area contributed by atoms with Crippen LogP contribution >= 0.6 is 24.2 Å². The maximum absolute atomic E-state index is 12.7. The van der Waals surface area contributed by atoms with Gasteiger partial charge in [0.1, 0.15) is 0 Å². The Balaban J connectivity index is 0.00000242. The standard InChI is InChI=1S/C17H26N2OS.ClH/c1-3-11-19(16-9-10-18-12-16)17(20)14(2)21-13-15-7-5-4-6-8-15;/h4-8,14,16,18H,3,9-13H2,1-2H3;1H. The maximum Gasteiger partial charge on any atom is 0.235 e. The molecule has 1 aromatic rings. The quantitative estimate of drug-likeness (QED) is 0.825. The Morgan fingerprint density at radius 2 is 2.14 bits per heavy atom. The minimum absolute atomic E-state index is 0. The highest BCUT2D eigenvalue weighted by Gasteiger charge is 2.28. The van der Waals surface area contributed by atoms with E-state index in [0.29, 0.717) is 11.9 Å². The van der Waals surface area contributed by atoms with Crippen molar-refractivity contribution in [3.63, 3.8) is 0 Å². The number of halogens is 1. The number of hydrogen-bond donors (Lipinski definition) is 1. The van der Waals surface area contributed by atoms with Crippen LogP contribution in [0.3, 0.4) is 0 Å². The molecular weight excluding hydrogens is 316 g/mol. The third kappa shape index (κ3) is 5.49. The van der Waals surface area contributed by atoms with Crippen molar-refractivity contribution in [1.82, 2.24) is 10.2 Å². The van der Waals surface area contributed by atoms with Crippen molar-refractivity contribution in [2.75, 3.05) is 19.6 Å². The van der Waals surface area contributed by atoms with Gasteiger partial charge in [0.15, 0.2) is 0 Å². The summed E-state index contributed by atoms with van der Waals surface area (Å²) in [6, 6.07) is 10.8. The van der Waals surface area contributed by atoms with E-state index in [1.165, 1.54) is 5.56 Å². The third-order valence-electron chi connectivity index (χ3n) is 3.91. The fraction of sp³-hybridized carbons (Fsp3) is 0.588. The molecule has 0 bridgehead atoms. The molecule has 3 nitrogen and oxygen atoms in total. The van der Waals surface area contributed by atoms with Gasteiger partial charge in [-0.1, -0.05) is 37.3 Å². The molecule has 1 saturated heterocycles. The lowest BCUT2D eigenvalue weighted by Crippen LogP contribution is -2.45. The van der Waals surface area contributed by atoms with E-state index in [1.54, 1.807) is 11.8 Å². The van der Waals surface area contributed by atoms with Crippen molar-refractivity contribution in [3.05, 3.63) is 35.9 Å². The number of benzene rings is 1. The summed E-state index contributed by atoms with van der Waals surface area (Å²) in [6.45, 7) is 7.04. The van der Waals surface area contributed by atoms with E-state index in [9.17, 15) is 4.79 Å². The van der Waals surface area contributed by atoms with Gasteiger partial charge in [0.25, 0.3) is 0 Å². The van der Waals surface area contributed by atoms with E-state index in [-0.39, 0.29) is 17.7 Å². The number of amides is 1. The lowest BCUT2D eigenvalue weighted by atomic mass is 10.2. The summed E-state index contributed by atoms with van der Waals surface area (Å²) in [4.78, 5) is 14.8. The molecule has 1 heterocycles. The zero-order valence-corrected chi connectivity index (χ0v) is 15.1. The summed E-state index contributed by atoms with van der Waals surface area (Å²) in [5.41, 5.74) is 1.28. The minimum atomic E-state index is 0. The van der Waals surface area contributed by atoms with Crippen LogP contribution in [0.15, 0.2) is 30.3 Å². The first-order valence-corrected chi connectivity index (χ1v) is 8.94. The van der Waals surface area contributed by atoms with Crippen LogP contribution in [0, 0.1) is 0 Å². The van der Waals surface area contributed by atoms with Crippen LogP contribution in [0.5, 0.6) is 0 Å². The predicted molar refractivity (Wildman–Crippen MR) is 97.7 cm³/mol. The van der Waals surface area contributed by atoms with E-state index >= 15 is 0 Å². The molecule has 2 unspecified atom stereocenters. The number of nitrogens with one attached hydrogen (secondary N) is 1. The summed E-state index contributed by atoms with van der Waals surface area (Å²) in [6.07, 6.45) is 2.11. The number of hydrogen-bond acceptors (Lipinski definition) is 3. The summed E-state index contributed by atoms with van der Waals surface area (Å²) >= 11 is 1.74. The van der Waals surface area contributed by atoms with E-state index in [4.69, 9.17) is 0 Å². The zero-order chi connectivity index (χ0) is 15.1. The first-order valence-electron chi connectivity index (χ1n) is 7.89. The Kier molecular flexibility index (Phi) is 8.91. The Morgan fingerprint density at radius 1 is 1.41 bits per heavy atom. The Morgan fingerprint density at radius 3 is 2.73 bits per heavy atom. The second-order valence-corrected chi connectivity index (χ2v) is 6.95. The monoisotopic (exact) mass is 342 g/mol. The summed E-state index contributed by atoms with van der Waals surface area (Å²) in [5.74, 6) is 1.20. The molecule has 1 aromatic carbocycles. The third-order valence-corrected chi connectivity index (χ3v) is 5.11. The Labute approximate surface area is 144 Å². The van der Waals surface area contributed by atoms with Gasteiger partial charge in [0.2, 0.25) is 5.91 Å². The first-order chi connectivity index (χ1) is 10.2. The zero-order valence-electron chi connectivity index (χ0n) is 13.5. The molecule has 1 fully saturated rings.